The van der Waals surface area contributed by atoms with Crippen LogP contribution in [-0.2, 0) is 6.54 Å². The summed E-state index contributed by atoms with van der Waals surface area (Å²) in [5, 5.41) is 2.66. The monoisotopic (exact) mass is 267 g/mol. The Bertz CT molecular complexity index is 580. The minimum atomic E-state index is -0.909. The second-order valence-electron chi connectivity index (χ2n) is 3.84. The van der Waals surface area contributed by atoms with Gasteiger partial charge in [0, 0.05) is 11.4 Å². The van der Waals surface area contributed by atoms with Crippen molar-refractivity contribution in [2.75, 3.05) is 0 Å². The van der Waals surface area contributed by atoms with Crippen molar-refractivity contribution in [3.8, 4) is 0 Å². The lowest BCUT2D eigenvalue weighted by Crippen LogP contribution is -2.21. The molecule has 0 bridgehead atoms. The molecule has 0 radical (unpaired) electrons. The number of carbonyl (C=O) groups excluding carboxylic acids is 1. The molecule has 2 rings (SSSR count). The molecule has 0 aliphatic carbocycles. The van der Waals surface area contributed by atoms with Crippen LogP contribution in [0.5, 0.6) is 0 Å². The normalized spacial score (nSPS) is 10.4. The number of amides is 1. The maximum Gasteiger partial charge on any atom is 0.261 e. The number of hydrogen-bond acceptors (Lipinski definition) is 2. The van der Waals surface area contributed by atoms with Crippen LogP contribution in [0.1, 0.15) is 20.1 Å². The number of carbonyl (C=O) groups is 1. The second-order valence-corrected chi connectivity index (χ2v) is 5.13. The lowest BCUT2D eigenvalue weighted by Gasteiger charge is -2.04. The van der Waals surface area contributed by atoms with E-state index in [1.165, 1.54) is 17.4 Å². The highest BCUT2D eigenvalue weighted by Gasteiger charge is 2.08. The number of thiophene rings is 1. The molecule has 1 aromatic heterocycles. The summed E-state index contributed by atoms with van der Waals surface area (Å²) in [7, 11) is 0. The van der Waals surface area contributed by atoms with Crippen molar-refractivity contribution in [2.24, 2.45) is 0 Å². The minimum absolute atomic E-state index is 0.174. The summed E-state index contributed by atoms with van der Waals surface area (Å²) in [4.78, 5) is 13.4. The first-order chi connectivity index (χ1) is 8.56. The number of benzene rings is 1. The molecule has 0 fully saturated rings. The van der Waals surface area contributed by atoms with E-state index in [2.05, 4.69) is 5.32 Å². The van der Waals surface area contributed by atoms with Gasteiger partial charge in [-0.3, -0.25) is 4.79 Å². The Balaban J connectivity index is 1.99. The van der Waals surface area contributed by atoms with Crippen molar-refractivity contribution in [3.63, 3.8) is 0 Å². The van der Waals surface area contributed by atoms with Gasteiger partial charge in [0.1, 0.15) is 0 Å². The number of rotatable bonds is 3. The zero-order chi connectivity index (χ0) is 13.1. The molecule has 1 amide bonds. The number of hydrogen-bond donors (Lipinski definition) is 1. The third kappa shape index (κ3) is 2.92. The van der Waals surface area contributed by atoms with Crippen LogP contribution in [-0.4, -0.2) is 5.91 Å². The van der Waals surface area contributed by atoms with Gasteiger partial charge >= 0.3 is 0 Å². The second kappa shape index (κ2) is 5.27. The van der Waals surface area contributed by atoms with Crippen LogP contribution in [0.25, 0.3) is 0 Å². The molecule has 2 aromatic rings. The van der Waals surface area contributed by atoms with Crippen LogP contribution >= 0.6 is 11.3 Å². The Morgan fingerprint density at radius 1 is 1.22 bits per heavy atom. The Kier molecular flexibility index (Phi) is 3.72. The molecule has 2 nitrogen and oxygen atoms in total. The van der Waals surface area contributed by atoms with E-state index in [1.54, 1.807) is 6.07 Å². The molecule has 0 saturated heterocycles. The first-order valence-electron chi connectivity index (χ1n) is 5.35. The predicted octanol–water partition coefficient (Wildman–Crippen LogP) is 3.26. The lowest BCUT2D eigenvalue weighted by molar-refractivity contribution is 0.0955. The van der Waals surface area contributed by atoms with Gasteiger partial charge in [-0.25, -0.2) is 8.78 Å². The van der Waals surface area contributed by atoms with Crippen LogP contribution in [0.3, 0.4) is 0 Å². The summed E-state index contributed by atoms with van der Waals surface area (Å²) >= 11 is 1.39. The van der Waals surface area contributed by atoms with Gasteiger partial charge in [-0.15, -0.1) is 11.3 Å². The molecular weight excluding hydrogens is 256 g/mol. The fraction of sp³-hybridized carbons (Fsp3) is 0.154. The maximum atomic E-state index is 12.9. The fourth-order valence-electron chi connectivity index (χ4n) is 1.48. The molecule has 0 saturated carbocycles. The van der Waals surface area contributed by atoms with Crippen molar-refractivity contribution in [2.45, 2.75) is 13.5 Å². The molecular formula is C13H11F2NOS. The van der Waals surface area contributed by atoms with E-state index in [0.717, 1.165) is 17.0 Å². The highest BCUT2D eigenvalue weighted by atomic mass is 32.1. The molecule has 0 unspecified atom stereocenters. The average molecular weight is 267 g/mol. The SMILES string of the molecule is Cc1ccc(C(=O)NCc2ccc(F)c(F)c2)s1. The Labute approximate surface area is 107 Å². The lowest BCUT2D eigenvalue weighted by atomic mass is 10.2. The maximum absolute atomic E-state index is 12.9. The summed E-state index contributed by atoms with van der Waals surface area (Å²) in [6.07, 6.45) is 0. The van der Waals surface area contributed by atoms with Gasteiger partial charge in [-0.1, -0.05) is 6.07 Å². The standard InChI is InChI=1S/C13H11F2NOS/c1-8-2-5-12(18-8)13(17)16-7-9-3-4-10(14)11(15)6-9/h2-6H,7H2,1H3,(H,16,17). The Hall–Kier alpha value is -1.75. The topological polar surface area (TPSA) is 29.1 Å². The minimum Gasteiger partial charge on any atom is -0.347 e. The molecule has 0 aliphatic heterocycles. The zero-order valence-electron chi connectivity index (χ0n) is 9.67. The van der Waals surface area contributed by atoms with Gasteiger partial charge in [0.25, 0.3) is 5.91 Å². The molecule has 5 heteroatoms. The highest BCUT2D eigenvalue weighted by Crippen LogP contribution is 2.15. The summed E-state index contributed by atoms with van der Waals surface area (Å²) < 4.78 is 25.6. The van der Waals surface area contributed by atoms with Gasteiger partial charge in [0.05, 0.1) is 4.88 Å². The highest BCUT2D eigenvalue weighted by molar-refractivity contribution is 7.13. The molecule has 1 heterocycles. The molecule has 0 spiro atoms. The first-order valence-corrected chi connectivity index (χ1v) is 6.16. The molecule has 0 atom stereocenters. The van der Waals surface area contributed by atoms with Gasteiger partial charge in [-0.05, 0) is 36.8 Å². The van der Waals surface area contributed by atoms with E-state index >= 15 is 0 Å². The summed E-state index contributed by atoms with van der Waals surface area (Å²) in [5.74, 6) is -2.01. The van der Waals surface area contributed by atoms with E-state index in [9.17, 15) is 13.6 Å². The predicted molar refractivity (Wildman–Crippen MR) is 66.6 cm³/mol. The smallest absolute Gasteiger partial charge is 0.261 e. The van der Waals surface area contributed by atoms with Gasteiger partial charge in [-0.2, -0.15) is 0 Å². The van der Waals surface area contributed by atoms with Crippen molar-refractivity contribution in [1.29, 1.82) is 0 Å². The largest absolute Gasteiger partial charge is 0.347 e. The third-order valence-electron chi connectivity index (χ3n) is 2.40. The number of halogens is 2. The third-order valence-corrected chi connectivity index (χ3v) is 3.40. The van der Waals surface area contributed by atoms with Crippen LogP contribution in [0.15, 0.2) is 30.3 Å². The zero-order valence-corrected chi connectivity index (χ0v) is 10.5. The molecule has 0 aliphatic rings. The quantitative estimate of drug-likeness (QED) is 0.908. The molecule has 1 aromatic carbocycles. The van der Waals surface area contributed by atoms with Crippen molar-refractivity contribution in [3.05, 3.63) is 57.3 Å². The van der Waals surface area contributed by atoms with E-state index in [-0.39, 0.29) is 12.5 Å². The van der Waals surface area contributed by atoms with Gasteiger partial charge < -0.3 is 5.32 Å². The van der Waals surface area contributed by atoms with Crippen molar-refractivity contribution >= 4 is 17.2 Å². The number of aryl methyl sites for hydroxylation is 1. The summed E-state index contributed by atoms with van der Waals surface area (Å²) in [6.45, 7) is 2.09. The van der Waals surface area contributed by atoms with Crippen LogP contribution in [0, 0.1) is 18.6 Å². The van der Waals surface area contributed by atoms with Crippen LogP contribution in [0.2, 0.25) is 0 Å². The molecule has 1 N–H and O–H groups in total. The fourth-order valence-corrected chi connectivity index (χ4v) is 2.26. The van der Waals surface area contributed by atoms with Gasteiger partial charge in [0.15, 0.2) is 11.6 Å². The Morgan fingerprint density at radius 3 is 2.61 bits per heavy atom. The van der Waals surface area contributed by atoms with E-state index in [4.69, 9.17) is 0 Å². The van der Waals surface area contributed by atoms with Gasteiger partial charge in [0.2, 0.25) is 0 Å². The van der Waals surface area contributed by atoms with Crippen LogP contribution in [0.4, 0.5) is 8.78 Å². The average Bonchev–Trinajstić information content (AvgIpc) is 2.77. The van der Waals surface area contributed by atoms with Crippen LogP contribution < -0.4 is 5.32 Å². The van der Waals surface area contributed by atoms with E-state index < -0.39 is 11.6 Å². The van der Waals surface area contributed by atoms with E-state index in [0.29, 0.717) is 10.4 Å². The van der Waals surface area contributed by atoms with E-state index in [1.807, 2.05) is 13.0 Å². The van der Waals surface area contributed by atoms with Crippen molar-refractivity contribution < 1.29 is 13.6 Å². The molecule has 94 valence electrons. The number of nitrogens with one attached hydrogen (secondary N) is 1. The summed E-state index contributed by atoms with van der Waals surface area (Å²) in [6, 6.07) is 7.16. The molecule has 18 heavy (non-hydrogen) atoms. The first kappa shape index (κ1) is 12.7. The Morgan fingerprint density at radius 2 is 2.00 bits per heavy atom. The summed E-state index contributed by atoms with van der Waals surface area (Å²) in [5.41, 5.74) is 0.524. The van der Waals surface area contributed by atoms with Crippen molar-refractivity contribution in [1.82, 2.24) is 5.32 Å².